The molecule has 33 heavy (non-hydrogen) atoms. The monoisotopic (exact) mass is 450 g/mol. The van der Waals surface area contributed by atoms with E-state index >= 15 is 0 Å². The molecule has 1 aliphatic rings. The van der Waals surface area contributed by atoms with Crippen molar-refractivity contribution >= 4 is 28.6 Å². The van der Waals surface area contributed by atoms with Crippen LogP contribution in [0.15, 0.2) is 48.9 Å². The van der Waals surface area contributed by atoms with Crippen molar-refractivity contribution in [1.82, 2.24) is 29.9 Å². The molecule has 10 heteroatoms. The number of hydrogen-bond acceptors (Lipinski definition) is 7. The van der Waals surface area contributed by atoms with E-state index in [0.717, 1.165) is 10.9 Å². The van der Waals surface area contributed by atoms with Gasteiger partial charge in [-0.25, -0.2) is 15.0 Å². The fraction of sp³-hybridized carbons (Fsp3) is 0.304. The molecule has 1 N–H and O–H groups in total. The summed E-state index contributed by atoms with van der Waals surface area (Å²) >= 11 is 0. The van der Waals surface area contributed by atoms with Crippen LogP contribution in [0.4, 0.5) is 11.8 Å². The molecule has 1 amide bonds. The highest BCUT2D eigenvalue weighted by Gasteiger charge is 2.25. The number of aromatic nitrogens is 6. The van der Waals surface area contributed by atoms with Gasteiger partial charge < -0.3 is 9.38 Å². The van der Waals surface area contributed by atoms with Gasteiger partial charge in [0, 0.05) is 36.0 Å². The van der Waals surface area contributed by atoms with Crippen LogP contribution in [0.3, 0.4) is 0 Å². The first kappa shape index (κ1) is 15.0. The Hall–Kier alpha value is -3.92. The van der Waals surface area contributed by atoms with E-state index in [0.29, 0.717) is 22.6 Å². The lowest BCUT2D eigenvalue weighted by Crippen LogP contribution is -2.55. The summed E-state index contributed by atoms with van der Waals surface area (Å²) in [5, 5.41) is 11.6. The molecule has 0 spiro atoms. The van der Waals surface area contributed by atoms with Crippen LogP contribution in [0.25, 0.3) is 22.2 Å². The summed E-state index contributed by atoms with van der Waals surface area (Å²) < 4.78 is 47.7. The van der Waals surface area contributed by atoms with E-state index in [1.807, 2.05) is 18.2 Å². The highest BCUT2D eigenvalue weighted by atomic mass is 16.1. The van der Waals surface area contributed by atoms with Crippen LogP contribution >= 0.6 is 0 Å². The predicted molar refractivity (Wildman–Crippen MR) is 126 cm³/mol. The van der Waals surface area contributed by atoms with Gasteiger partial charge in [-0.15, -0.1) is 5.10 Å². The van der Waals surface area contributed by atoms with Crippen molar-refractivity contribution in [3.05, 3.63) is 54.5 Å². The van der Waals surface area contributed by atoms with Crippen LogP contribution < -0.4 is 10.2 Å². The van der Waals surface area contributed by atoms with Crippen molar-refractivity contribution in [2.75, 3.05) is 50.3 Å². The number of carbonyl (C=O) groups is 1. The zero-order valence-electron chi connectivity index (χ0n) is 23.9. The maximum Gasteiger partial charge on any atom is 0.258 e. The first-order chi connectivity index (χ1) is 18.4. The van der Waals surface area contributed by atoms with Gasteiger partial charge >= 0.3 is 0 Å². The Balaban J connectivity index is 1.32. The third kappa shape index (κ3) is 4.51. The van der Waals surface area contributed by atoms with Gasteiger partial charge in [-0.1, -0.05) is 17.3 Å². The van der Waals surface area contributed by atoms with Gasteiger partial charge in [0.2, 0.25) is 5.95 Å². The van der Waals surface area contributed by atoms with Crippen molar-refractivity contribution in [3.63, 3.8) is 0 Å². The highest BCUT2D eigenvalue weighted by Crippen LogP contribution is 2.22. The molecule has 1 saturated heterocycles. The largest absolute Gasteiger partial charge is 0.345 e. The molecule has 0 saturated carbocycles. The van der Waals surface area contributed by atoms with E-state index < -0.39 is 24.3 Å². The molecule has 5 rings (SSSR count). The number of quaternary nitrogens is 1. The number of aryl methyl sites for hydroxylation is 1. The standard InChI is InChI=1S/C23H25N9O/c1-30-15-20(28-29-30)16-4-5-18-14-25-23(26-19(18)12-16)27-22(33)17-6-7-24-21(13-17)31-8-10-32(2,3)11-9-31/h4-7,12-15H,8-11H2,1-3H3/p+1/i2D3,3D3. The molecule has 1 fully saturated rings. The number of fused-ring (bicyclic) bond motifs is 1. The number of piperazine rings is 1. The number of carbonyl (C=O) groups excluding carboxylic acids is 1. The smallest absolute Gasteiger partial charge is 0.258 e. The quantitative estimate of drug-likeness (QED) is 0.474. The number of nitrogens with one attached hydrogen (secondary N) is 1. The summed E-state index contributed by atoms with van der Waals surface area (Å²) in [5.41, 5.74) is 2.44. The Morgan fingerprint density at radius 1 is 1.15 bits per heavy atom. The van der Waals surface area contributed by atoms with Gasteiger partial charge in [0.1, 0.15) is 11.5 Å². The molecule has 0 bridgehead atoms. The van der Waals surface area contributed by atoms with E-state index in [2.05, 4.69) is 30.6 Å². The molecule has 4 aromatic rings. The van der Waals surface area contributed by atoms with Crippen molar-refractivity contribution in [2.45, 2.75) is 0 Å². The Kier molecular flexibility index (Phi) is 3.74. The summed E-state index contributed by atoms with van der Waals surface area (Å²) in [7, 11) is 1.78. The molecular weight excluding hydrogens is 418 g/mol. The molecule has 4 heterocycles. The number of rotatable bonds is 4. The molecular formula is C23H26N9O+. The van der Waals surface area contributed by atoms with Gasteiger partial charge in [0.25, 0.3) is 5.91 Å². The van der Waals surface area contributed by atoms with Crippen LogP contribution in [-0.2, 0) is 7.05 Å². The number of nitrogens with zero attached hydrogens (tertiary/aromatic N) is 8. The lowest BCUT2D eigenvalue weighted by atomic mass is 10.1. The fourth-order valence-electron chi connectivity index (χ4n) is 3.66. The molecule has 3 aromatic heterocycles. The molecule has 0 atom stereocenters. The third-order valence-electron chi connectivity index (χ3n) is 5.54. The van der Waals surface area contributed by atoms with E-state index in [1.54, 1.807) is 41.2 Å². The fourth-order valence-corrected chi connectivity index (χ4v) is 3.66. The lowest BCUT2D eigenvalue weighted by Gasteiger charge is -2.39. The van der Waals surface area contributed by atoms with Gasteiger partial charge in [-0.3, -0.25) is 14.8 Å². The molecule has 1 aliphatic heterocycles. The summed E-state index contributed by atoms with van der Waals surface area (Å²) in [6, 6.07) is 8.72. The Morgan fingerprint density at radius 2 is 2.00 bits per heavy atom. The first-order valence-electron chi connectivity index (χ1n) is 13.4. The van der Waals surface area contributed by atoms with Crippen molar-refractivity contribution in [2.24, 2.45) is 7.05 Å². The maximum atomic E-state index is 13.0. The Labute approximate surface area is 199 Å². The first-order valence-corrected chi connectivity index (χ1v) is 10.4. The minimum absolute atomic E-state index is 0.105. The average Bonchev–Trinajstić information content (AvgIpc) is 3.33. The van der Waals surface area contributed by atoms with E-state index in [9.17, 15) is 4.79 Å². The SMILES string of the molecule is [2H]C([2H])([2H])[N+]1(C([2H])([2H])[2H])CCN(c2cc(C(=O)Nc3ncc4ccc(-c5cn(C)nn5)cc4n3)ccn2)CC1. The second kappa shape index (κ2) is 8.21. The van der Waals surface area contributed by atoms with Crippen LogP contribution in [-0.4, -0.2) is 80.5 Å². The van der Waals surface area contributed by atoms with Crippen LogP contribution in [0.1, 0.15) is 18.6 Å². The number of pyridine rings is 1. The van der Waals surface area contributed by atoms with Gasteiger partial charge in [0.05, 0.1) is 60.1 Å². The number of amides is 1. The number of anilines is 2. The van der Waals surface area contributed by atoms with E-state index in [1.165, 1.54) is 6.20 Å². The minimum Gasteiger partial charge on any atom is -0.345 e. The van der Waals surface area contributed by atoms with Gasteiger partial charge in [0.15, 0.2) is 0 Å². The molecule has 0 radical (unpaired) electrons. The van der Waals surface area contributed by atoms with Crippen LogP contribution in [0, 0.1) is 0 Å². The zero-order valence-corrected chi connectivity index (χ0v) is 17.9. The lowest BCUT2D eigenvalue weighted by molar-refractivity contribution is -0.890. The van der Waals surface area contributed by atoms with Gasteiger partial charge in [-0.05, 0) is 18.2 Å². The van der Waals surface area contributed by atoms with Crippen LogP contribution in [0.2, 0.25) is 0 Å². The second-order valence-electron chi connectivity index (χ2n) is 8.00. The summed E-state index contributed by atoms with van der Waals surface area (Å²) in [6.45, 7) is -5.24. The summed E-state index contributed by atoms with van der Waals surface area (Å²) in [6.07, 6.45) is 4.88. The average molecular weight is 451 g/mol. The molecule has 0 unspecified atom stereocenters. The predicted octanol–water partition coefficient (Wildman–Crippen LogP) is 1.97. The maximum absolute atomic E-state index is 13.0. The summed E-state index contributed by atoms with van der Waals surface area (Å²) in [4.78, 5) is 27.9. The molecule has 10 nitrogen and oxygen atoms in total. The zero-order chi connectivity index (χ0) is 28.0. The minimum atomic E-state index is -2.68. The topological polar surface area (TPSA) is 102 Å². The van der Waals surface area contributed by atoms with E-state index in [4.69, 9.17) is 8.22 Å². The molecule has 168 valence electrons. The number of benzene rings is 1. The second-order valence-corrected chi connectivity index (χ2v) is 8.00. The summed E-state index contributed by atoms with van der Waals surface area (Å²) in [5.74, 6) is 0.123. The van der Waals surface area contributed by atoms with E-state index in [-0.39, 0.29) is 32.1 Å². The van der Waals surface area contributed by atoms with Crippen molar-refractivity contribution in [3.8, 4) is 11.3 Å². The Bertz CT molecular complexity index is 1510. The van der Waals surface area contributed by atoms with Crippen molar-refractivity contribution < 1.29 is 17.5 Å². The normalized spacial score (nSPS) is 19.0. The van der Waals surface area contributed by atoms with Gasteiger partial charge in [-0.2, -0.15) is 0 Å². The third-order valence-corrected chi connectivity index (χ3v) is 5.54. The Morgan fingerprint density at radius 3 is 2.76 bits per heavy atom. The molecule has 0 aliphatic carbocycles. The number of likely N-dealkylation sites (N-methyl/N-ethyl adjacent to an activating group) is 1. The van der Waals surface area contributed by atoms with Crippen LogP contribution in [0.5, 0.6) is 0 Å². The highest BCUT2D eigenvalue weighted by molar-refractivity contribution is 6.04. The van der Waals surface area contributed by atoms with Crippen molar-refractivity contribution in [1.29, 1.82) is 0 Å². The number of hydrogen-bond donors (Lipinski definition) is 1. The molecule has 1 aromatic carbocycles.